The molecule has 4 aromatic rings. The number of alkyl halides is 1. The monoisotopic (exact) mass is 640 g/mol. The molecular formula is C24H25FN6O8S3. The molecule has 0 fully saturated rings. The number of rotatable bonds is 14. The molecule has 1 atom stereocenters. The number of hydrogen-bond donors (Lipinski definition) is 2. The minimum atomic E-state index is -3.88. The Morgan fingerprint density at radius 1 is 1.17 bits per heavy atom. The van der Waals surface area contributed by atoms with E-state index in [1.54, 1.807) is 42.6 Å². The Kier molecular flexibility index (Phi) is 12.2. The van der Waals surface area contributed by atoms with Crippen LogP contribution in [0.15, 0.2) is 53.0 Å². The standard InChI is InChI=1S/C23H25FN6O6S3.CO2/c24-6-8-35-18-3-1-2-16(10-18)15-38(32)9-7-26-22(31)13-30-12-17(28-29-30)14-36-19-4-5-21-20(11-19)27-23(37-21)39(25,33)34;2-1-3/h1-5,10-12H,6-9,13-15H2,(H,26,31)(H2,25,33,34);. The van der Waals surface area contributed by atoms with Crippen molar-refractivity contribution in [3.63, 3.8) is 0 Å². The van der Waals surface area contributed by atoms with Gasteiger partial charge in [0.1, 0.15) is 43.6 Å². The van der Waals surface area contributed by atoms with E-state index in [4.69, 9.17) is 24.2 Å². The van der Waals surface area contributed by atoms with Crippen LogP contribution >= 0.6 is 11.3 Å². The van der Waals surface area contributed by atoms with Crippen LogP contribution in [0.2, 0.25) is 0 Å². The molecule has 2 aromatic heterocycles. The molecule has 0 bridgehead atoms. The van der Waals surface area contributed by atoms with Gasteiger partial charge in [0.25, 0.3) is 10.0 Å². The minimum Gasteiger partial charge on any atom is -0.491 e. The fraction of sp³-hybridized carbons (Fsp3) is 0.292. The normalized spacial score (nSPS) is 11.7. The Bertz CT molecular complexity index is 1670. The van der Waals surface area contributed by atoms with Crippen LogP contribution in [0.5, 0.6) is 11.5 Å². The molecule has 14 nitrogen and oxygen atoms in total. The molecule has 2 heterocycles. The number of benzene rings is 2. The van der Waals surface area contributed by atoms with Gasteiger partial charge in [0.2, 0.25) is 10.2 Å². The number of carbonyl (C=O) groups excluding carboxylic acids is 3. The minimum absolute atomic E-state index is 0.0332. The summed E-state index contributed by atoms with van der Waals surface area (Å²) in [4.78, 5) is 32.5. The van der Waals surface area contributed by atoms with Crippen molar-refractivity contribution in [2.24, 2.45) is 5.14 Å². The topological polar surface area (TPSA) is 203 Å². The van der Waals surface area contributed by atoms with Gasteiger partial charge < -0.3 is 14.8 Å². The number of nitrogens with two attached hydrogens (primary N) is 1. The number of carbonyl (C=O) groups is 1. The molecule has 18 heteroatoms. The molecule has 0 aliphatic rings. The Labute approximate surface area is 245 Å². The van der Waals surface area contributed by atoms with Crippen LogP contribution in [0, 0.1) is 0 Å². The van der Waals surface area contributed by atoms with Crippen LogP contribution in [0.25, 0.3) is 10.2 Å². The molecule has 1 amide bonds. The highest BCUT2D eigenvalue weighted by molar-refractivity contribution is 7.91. The number of aromatic nitrogens is 4. The van der Waals surface area contributed by atoms with Crippen molar-refractivity contribution in [3.8, 4) is 11.5 Å². The number of primary sulfonamides is 1. The van der Waals surface area contributed by atoms with Crippen molar-refractivity contribution >= 4 is 54.4 Å². The molecule has 224 valence electrons. The molecule has 0 saturated carbocycles. The maximum Gasteiger partial charge on any atom is 0.373 e. The molecule has 1 unspecified atom stereocenters. The summed E-state index contributed by atoms with van der Waals surface area (Å²) in [6, 6.07) is 12.0. The van der Waals surface area contributed by atoms with Gasteiger partial charge in [-0.15, -0.1) is 16.4 Å². The van der Waals surface area contributed by atoms with E-state index in [2.05, 4.69) is 20.6 Å². The Morgan fingerprint density at radius 2 is 1.93 bits per heavy atom. The molecule has 0 saturated heterocycles. The zero-order chi connectivity index (χ0) is 30.5. The molecule has 0 spiro atoms. The van der Waals surface area contributed by atoms with Gasteiger partial charge in [0, 0.05) is 34.9 Å². The summed E-state index contributed by atoms with van der Waals surface area (Å²) in [5.74, 6) is 1.21. The van der Waals surface area contributed by atoms with Crippen molar-refractivity contribution < 1.29 is 40.9 Å². The van der Waals surface area contributed by atoms with Crippen LogP contribution < -0.4 is 19.9 Å². The first-order valence-electron chi connectivity index (χ1n) is 11.9. The fourth-order valence-electron chi connectivity index (χ4n) is 3.38. The number of fused-ring (bicyclic) bond motifs is 1. The average molecular weight is 641 g/mol. The van der Waals surface area contributed by atoms with Crippen LogP contribution in [-0.2, 0) is 54.1 Å². The third-order valence-electron chi connectivity index (χ3n) is 5.09. The van der Waals surface area contributed by atoms with Crippen molar-refractivity contribution in [2.75, 3.05) is 25.6 Å². The lowest BCUT2D eigenvalue weighted by molar-refractivity contribution is -0.191. The number of halogens is 1. The number of sulfonamides is 1. The molecule has 42 heavy (non-hydrogen) atoms. The zero-order valence-corrected chi connectivity index (χ0v) is 24.3. The highest BCUT2D eigenvalue weighted by Crippen LogP contribution is 2.28. The van der Waals surface area contributed by atoms with E-state index in [-0.39, 0.29) is 54.2 Å². The molecular weight excluding hydrogens is 615 g/mol. The molecule has 3 N–H and O–H groups in total. The summed E-state index contributed by atoms with van der Waals surface area (Å²) in [5, 5.41) is 15.7. The van der Waals surface area contributed by atoms with E-state index < -0.39 is 27.5 Å². The summed E-state index contributed by atoms with van der Waals surface area (Å²) in [6.45, 7) is -0.403. The summed E-state index contributed by atoms with van der Waals surface area (Å²) in [5.41, 5.74) is 1.72. The second kappa shape index (κ2) is 15.8. The first-order chi connectivity index (χ1) is 20.1. The zero-order valence-electron chi connectivity index (χ0n) is 21.8. The van der Waals surface area contributed by atoms with Crippen LogP contribution in [0.3, 0.4) is 0 Å². The third-order valence-corrected chi connectivity index (χ3v) is 8.76. The second-order valence-electron chi connectivity index (χ2n) is 8.26. The average Bonchev–Trinajstić information content (AvgIpc) is 3.58. The predicted octanol–water partition coefficient (Wildman–Crippen LogP) is 0.944. The largest absolute Gasteiger partial charge is 0.491 e. The lowest BCUT2D eigenvalue weighted by atomic mass is 10.2. The molecule has 0 aliphatic carbocycles. The van der Waals surface area contributed by atoms with Crippen LogP contribution in [-0.4, -0.2) is 70.2 Å². The first kappa shape index (κ1) is 32.4. The highest BCUT2D eigenvalue weighted by Gasteiger charge is 2.15. The number of hydrogen-bond acceptors (Lipinski definition) is 12. The fourth-order valence-corrected chi connectivity index (χ4v) is 6.05. The summed E-state index contributed by atoms with van der Waals surface area (Å²) in [7, 11) is -5.10. The second-order valence-corrected chi connectivity index (χ2v) is 12.6. The van der Waals surface area contributed by atoms with Gasteiger partial charge in [-0.05, 0) is 29.8 Å². The van der Waals surface area contributed by atoms with E-state index >= 15 is 0 Å². The number of ether oxygens (including phenoxy) is 2. The van der Waals surface area contributed by atoms with E-state index in [1.165, 1.54) is 4.68 Å². The van der Waals surface area contributed by atoms with Gasteiger partial charge in [-0.2, -0.15) is 9.59 Å². The van der Waals surface area contributed by atoms with E-state index in [1.807, 2.05) is 6.07 Å². The van der Waals surface area contributed by atoms with Crippen molar-refractivity contribution in [1.82, 2.24) is 25.3 Å². The maximum atomic E-state index is 12.4. The number of nitrogens with one attached hydrogen (secondary N) is 1. The molecule has 2 aromatic carbocycles. The molecule has 4 rings (SSSR count). The Balaban J connectivity index is 0.00000155. The van der Waals surface area contributed by atoms with Crippen molar-refractivity contribution in [1.29, 1.82) is 0 Å². The molecule has 0 radical (unpaired) electrons. The lowest BCUT2D eigenvalue weighted by Crippen LogP contribution is -2.31. The Morgan fingerprint density at radius 3 is 2.67 bits per heavy atom. The van der Waals surface area contributed by atoms with Gasteiger partial charge in [0.05, 0.1) is 16.4 Å². The third kappa shape index (κ3) is 10.4. The van der Waals surface area contributed by atoms with Gasteiger partial charge >= 0.3 is 6.15 Å². The smallest absolute Gasteiger partial charge is 0.373 e. The van der Waals surface area contributed by atoms with E-state index in [9.17, 15) is 21.8 Å². The quantitative estimate of drug-likeness (QED) is 0.199. The SMILES string of the molecule is NS(=O)(=O)c1nc2cc(OCc3cn(CC(=O)NCCS(=O)Cc4cccc(OCCF)c4)nn3)ccc2s1.O=C=O. The lowest BCUT2D eigenvalue weighted by Gasteiger charge is -2.08. The number of nitrogens with zero attached hydrogens (tertiary/aromatic N) is 4. The van der Waals surface area contributed by atoms with Gasteiger partial charge in [-0.3, -0.25) is 9.00 Å². The summed E-state index contributed by atoms with van der Waals surface area (Å²) >= 11 is 0.971. The summed E-state index contributed by atoms with van der Waals surface area (Å²) < 4.78 is 60.4. The first-order valence-corrected chi connectivity index (χ1v) is 15.8. The van der Waals surface area contributed by atoms with Gasteiger partial charge in [-0.1, -0.05) is 17.3 Å². The van der Waals surface area contributed by atoms with Crippen LogP contribution in [0.1, 0.15) is 11.3 Å². The number of amides is 1. The number of thiazole rings is 1. The molecule has 0 aliphatic heterocycles. The van der Waals surface area contributed by atoms with Gasteiger partial charge in [-0.25, -0.2) is 27.6 Å². The van der Waals surface area contributed by atoms with E-state index in [0.717, 1.165) is 16.9 Å². The van der Waals surface area contributed by atoms with Crippen LogP contribution in [0.4, 0.5) is 4.39 Å². The highest BCUT2D eigenvalue weighted by atomic mass is 32.2. The maximum absolute atomic E-state index is 12.4. The van der Waals surface area contributed by atoms with Crippen molar-refractivity contribution in [3.05, 3.63) is 59.9 Å². The predicted molar refractivity (Wildman–Crippen MR) is 148 cm³/mol. The van der Waals surface area contributed by atoms with Crippen molar-refractivity contribution in [2.45, 2.75) is 23.2 Å². The Hall–Kier alpha value is -4.09. The van der Waals surface area contributed by atoms with Gasteiger partial charge in [0.15, 0.2) is 0 Å². The van der Waals surface area contributed by atoms with E-state index in [0.29, 0.717) is 27.4 Å². The summed E-state index contributed by atoms with van der Waals surface area (Å²) in [6.07, 6.45) is 1.82.